The highest BCUT2D eigenvalue weighted by Gasteiger charge is 2.25. The number of hydrogen-bond donors (Lipinski definition) is 3. The third-order valence-electron chi connectivity index (χ3n) is 6.06. The molecule has 1 aliphatic carbocycles. The van der Waals surface area contributed by atoms with E-state index in [9.17, 15) is 5.11 Å². The van der Waals surface area contributed by atoms with Crippen molar-refractivity contribution < 1.29 is 5.11 Å². The maximum Gasteiger partial charge on any atom is 0.0914 e. The Kier molecular flexibility index (Phi) is 4.92. The molecule has 0 fully saturated rings. The number of H-pyrrole nitrogens is 1. The highest BCUT2D eigenvalue weighted by Crippen LogP contribution is 2.36. The molecule has 0 amide bonds. The summed E-state index contributed by atoms with van der Waals surface area (Å²) in [7, 11) is 0. The first kappa shape index (κ1) is 18.2. The molecule has 3 nitrogen and oxygen atoms in total. The molecular weight excluding hydrogens is 356 g/mol. The van der Waals surface area contributed by atoms with Crippen LogP contribution in [0.2, 0.25) is 0 Å². The van der Waals surface area contributed by atoms with Crippen LogP contribution in [0.1, 0.15) is 41.8 Å². The molecule has 0 spiro atoms. The van der Waals surface area contributed by atoms with E-state index >= 15 is 0 Å². The second-order valence-electron chi connectivity index (χ2n) is 7.92. The Bertz CT molecular complexity index is 1100. The van der Waals surface area contributed by atoms with Crippen LogP contribution in [0, 0.1) is 0 Å². The van der Waals surface area contributed by atoms with E-state index < -0.39 is 6.10 Å². The van der Waals surface area contributed by atoms with Crippen LogP contribution >= 0.6 is 0 Å². The number of aromatic nitrogens is 1. The van der Waals surface area contributed by atoms with Crippen LogP contribution in [0.25, 0.3) is 22.0 Å². The fourth-order valence-corrected chi connectivity index (χ4v) is 4.52. The van der Waals surface area contributed by atoms with E-state index in [0.717, 1.165) is 24.8 Å². The first-order valence-corrected chi connectivity index (χ1v) is 10.5. The van der Waals surface area contributed by atoms with Crippen LogP contribution in [0.15, 0.2) is 78.9 Å². The monoisotopic (exact) mass is 382 g/mol. The average molecular weight is 383 g/mol. The smallest absolute Gasteiger partial charge is 0.0914 e. The molecule has 3 heteroatoms. The Morgan fingerprint density at radius 3 is 2.48 bits per heavy atom. The topological polar surface area (TPSA) is 48.0 Å². The van der Waals surface area contributed by atoms with Crippen molar-refractivity contribution in [3.05, 3.63) is 95.7 Å². The number of fused-ring (bicyclic) bond motifs is 3. The normalized spacial score (nSPS) is 17.2. The molecule has 0 saturated carbocycles. The van der Waals surface area contributed by atoms with Crippen LogP contribution in [0.5, 0.6) is 0 Å². The quantitative estimate of drug-likeness (QED) is 0.425. The first-order valence-electron chi connectivity index (χ1n) is 10.5. The summed E-state index contributed by atoms with van der Waals surface area (Å²) in [5, 5.41) is 15.5. The van der Waals surface area contributed by atoms with Gasteiger partial charge in [0.1, 0.15) is 0 Å². The van der Waals surface area contributed by atoms with E-state index in [1.807, 2.05) is 30.3 Å². The average Bonchev–Trinajstić information content (AvgIpc) is 3.17. The number of benzene rings is 3. The number of nitrogens with one attached hydrogen (secondary N) is 2. The molecule has 0 saturated heterocycles. The van der Waals surface area contributed by atoms with Crippen molar-refractivity contribution in [3.63, 3.8) is 0 Å². The van der Waals surface area contributed by atoms with Gasteiger partial charge in [-0.05, 0) is 53.6 Å². The zero-order chi connectivity index (χ0) is 19.6. The Morgan fingerprint density at radius 1 is 0.931 bits per heavy atom. The van der Waals surface area contributed by atoms with E-state index in [0.29, 0.717) is 6.54 Å². The molecule has 3 aromatic carbocycles. The van der Waals surface area contributed by atoms with Gasteiger partial charge in [0.2, 0.25) is 0 Å². The van der Waals surface area contributed by atoms with Crippen molar-refractivity contribution in [1.82, 2.24) is 10.3 Å². The van der Waals surface area contributed by atoms with Gasteiger partial charge in [-0.3, -0.25) is 0 Å². The lowest BCUT2D eigenvalue weighted by atomic mass is 9.90. The molecule has 146 valence electrons. The number of rotatable bonds is 5. The maximum atomic E-state index is 10.5. The molecule has 1 aliphatic rings. The van der Waals surface area contributed by atoms with Gasteiger partial charge in [0.25, 0.3) is 0 Å². The standard InChI is InChI=1S/C26H26N2O/c29-25(19-10-5-2-6-11-19)17-27-24-13-7-12-21-22-16-20(18-8-3-1-4-9-18)14-15-23(22)28-26(21)24/h1-6,8-11,14-16,24-25,27-29H,7,12-13,17H2/t24-,25+/m1/s1. The van der Waals surface area contributed by atoms with Crippen molar-refractivity contribution >= 4 is 10.9 Å². The molecule has 3 N–H and O–H groups in total. The Labute approximate surface area is 171 Å². The Hall–Kier alpha value is -2.88. The van der Waals surface area contributed by atoms with E-state index in [1.54, 1.807) is 0 Å². The number of aliphatic hydroxyl groups is 1. The van der Waals surface area contributed by atoms with Crippen molar-refractivity contribution in [2.75, 3.05) is 6.54 Å². The third kappa shape index (κ3) is 3.59. The van der Waals surface area contributed by atoms with Gasteiger partial charge in [-0.25, -0.2) is 0 Å². The number of aryl methyl sites for hydroxylation is 1. The summed E-state index contributed by atoms with van der Waals surface area (Å²) in [5.74, 6) is 0. The number of aromatic amines is 1. The minimum atomic E-state index is -0.490. The predicted molar refractivity (Wildman–Crippen MR) is 119 cm³/mol. The van der Waals surface area contributed by atoms with Crippen LogP contribution in [-0.2, 0) is 6.42 Å². The minimum absolute atomic E-state index is 0.254. The van der Waals surface area contributed by atoms with Crippen molar-refractivity contribution in [2.45, 2.75) is 31.4 Å². The molecule has 2 atom stereocenters. The number of hydrogen-bond acceptors (Lipinski definition) is 2. The lowest BCUT2D eigenvalue weighted by Crippen LogP contribution is -2.29. The van der Waals surface area contributed by atoms with E-state index in [-0.39, 0.29) is 6.04 Å². The van der Waals surface area contributed by atoms with Crippen LogP contribution in [-0.4, -0.2) is 16.6 Å². The summed E-state index contributed by atoms with van der Waals surface area (Å²) < 4.78 is 0. The molecule has 4 aromatic rings. The largest absolute Gasteiger partial charge is 0.387 e. The second-order valence-corrected chi connectivity index (χ2v) is 7.92. The summed E-state index contributed by atoms with van der Waals surface area (Å²) in [5.41, 5.74) is 7.38. The van der Waals surface area contributed by atoms with E-state index in [4.69, 9.17) is 0 Å². The minimum Gasteiger partial charge on any atom is -0.387 e. The highest BCUT2D eigenvalue weighted by molar-refractivity contribution is 5.89. The molecule has 0 radical (unpaired) electrons. The summed E-state index contributed by atoms with van der Waals surface area (Å²) >= 11 is 0. The zero-order valence-electron chi connectivity index (χ0n) is 16.4. The van der Waals surface area contributed by atoms with Gasteiger partial charge in [-0.1, -0.05) is 66.7 Å². The maximum absolute atomic E-state index is 10.5. The summed E-state index contributed by atoms with van der Waals surface area (Å²) in [6, 6.07) is 27.4. The molecule has 5 rings (SSSR count). The van der Waals surface area contributed by atoms with Gasteiger partial charge in [0.05, 0.1) is 6.10 Å². The van der Waals surface area contributed by atoms with Crippen LogP contribution in [0.4, 0.5) is 0 Å². The molecule has 0 bridgehead atoms. The lowest BCUT2D eigenvalue weighted by molar-refractivity contribution is 0.168. The van der Waals surface area contributed by atoms with Gasteiger partial charge < -0.3 is 15.4 Å². The Balaban J connectivity index is 1.41. The fraction of sp³-hybridized carbons (Fsp3) is 0.231. The van der Waals surface area contributed by atoms with E-state index in [1.165, 1.54) is 33.3 Å². The lowest BCUT2D eigenvalue weighted by Gasteiger charge is -2.25. The second kappa shape index (κ2) is 7.86. The molecule has 0 aliphatic heterocycles. The van der Waals surface area contributed by atoms with Crippen molar-refractivity contribution in [2.24, 2.45) is 0 Å². The predicted octanol–water partition coefficient (Wildman–Crippen LogP) is 5.54. The van der Waals surface area contributed by atoms with E-state index in [2.05, 4.69) is 58.8 Å². The van der Waals surface area contributed by atoms with Gasteiger partial charge in [-0.15, -0.1) is 0 Å². The molecule has 29 heavy (non-hydrogen) atoms. The summed E-state index contributed by atoms with van der Waals surface area (Å²) in [6.45, 7) is 0.554. The SMILES string of the molecule is O[C@@H](CN[C@@H]1CCCc2c1[nH]c1ccc(-c3ccccc3)cc21)c1ccccc1. The molecular formula is C26H26N2O. The summed E-state index contributed by atoms with van der Waals surface area (Å²) in [6.07, 6.45) is 2.87. The van der Waals surface area contributed by atoms with Crippen molar-refractivity contribution in [1.29, 1.82) is 0 Å². The molecule has 1 heterocycles. The highest BCUT2D eigenvalue weighted by atomic mass is 16.3. The fourth-order valence-electron chi connectivity index (χ4n) is 4.52. The Morgan fingerprint density at radius 2 is 1.69 bits per heavy atom. The van der Waals surface area contributed by atoms with Crippen molar-refractivity contribution in [3.8, 4) is 11.1 Å². The van der Waals surface area contributed by atoms with Gasteiger partial charge in [-0.2, -0.15) is 0 Å². The van der Waals surface area contributed by atoms with Gasteiger partial charge >= 0.3 is 0 Å². The zero-order valence-corrected chi connectivity index (χ0v) is 16.4. The third-order valence-corrected chi connectivity index (χ3v) is 6.06. The van der Waals surface area contributed by atoms with Gasteiger partial charge in [0, 0.05) is 29.2 Å². The van der Waals surface area contributed by atoms with Crippen LogP contribution < -0.4 is 5.32 Å². The molecule has 1 aromatic heterocycles. The van der Waals surface area contributed by atoms with Gasteiger partial charge in [0.15, 0.2) is 0 Å². The summed E-state index contributed by atoms with van der Waals surface area (Å²) in [4.78, 5) is 3.66. The van der Waals surface area contributed by atoms with Crippen LogP contribution in [0.3, 0.4) is 0 Å². The first-order chi connectivity index (χ1) is 14.3. The molecule has 0 unspecified atom stereocenters. The number of aliphatic hydroxyl groups excluding tert-OH is 1.